The Hall–Kier alpha value is -2.09. The van der Waals surface area contributed by atoms with Gasteiger partial charge in [-0.05, 0) is 30.2 Å². The molecule has 0 saturated carbocycles. The molecule has 6 nitrogen and oxygen atoms in total. The van der Waals surface area contributed by atoms with Gasteiger partial charge in [-0.25, -0.2) is 17.9 Å². The Morgan fingerprint density at radius 3 is 2.67 bits per heavy atom. The van der Waals surface area contributed by atoms with Crippen LogP contribution in [0.1, 0.15) is 11.1 Å². The summed E-state index contributed by atoms with van der Waals surface area (Å²) in [5.41, 5.74) is 1.96. The van der Waals surface area contributed by atoms with Crippen LogP contribution in [0.15, 0.2) is 50.5 Å². The molecular formula is C16H15ClN2O4S. The van der Waals surface area contributed by atoms with Crippen LogP contribution in [0.4, 0.5) is 0 Å². The van der Waals surface area contributed by atoms with Gasteiger partial charge in [0.05, 0.1) is 10.4 Å². The van der Waals surface area contributed by atoms with Gasteiger partial charge in [0.15, 0.2) is 5.58 Å². The molecule has 0 bridgehead atoms. The van der Waals surface area contributed by atoms with E-state index in [1.807, 2.05) is 0 Å². The van der Waals surface area contributed by atoms with Crippen LogP contribution in [-0.4, -0.2) is 13.0 Å². The summed E-state index contributed by atoms with van der Waals surface area (Å²) in [6, 6.07) is 9.98. The lowest BCUT2D eigenvalue weighted by atomic mass is 10.2. The van der Waals surface area contributed by atoms with Crippen LogP contribution in [0.3, 0.4) is 0 Å². The Balaban J connectivity index is 1.97. The maximum absolute atomic E-state index is 12.6. The molecule has 0 atom stereocenters. The van der Waals surface area contributed by atoms with E-state index in [1.54, 1.807) is 44.3 Å². The zero-order chi connectivity index (χ0) is 17.5. The van der Waals surface area contributed by atoms with Crippen molar-refractivity contribution < 1.29 is 12.8 Å². The lowest BCUT2D eigenvalue weighted by molar-refractivity contribution is 0.527. The molecule has 0 radical (unpaired) electrons. The number of hydrogen-bond donors (Lipinski definition) is 1. The predicted octanol–water partition coefficient (Wildman–Crippen LogP) is 2.57. The van der Waals surface area contributed by atoms with Crippen molar-refractivity contribution in [3.63, 3.8) is 0 Å². The molecule has 8 heteroatoms. The Morgan fingerprint density at radius 2 is 1.96 bits per heavy atom. The fraction of sp³-hybridized carbons (Fsp3) is 0.188. The first-order chi connectivity index (χ1) is 11.3. The molecule has 0 aliphatic heterocycles. The fourth-order valence-electron chi connectivity index (χ4n) is 2.44. The third kappa shape index (κ3) is 2.98. The van der Waals surface area contributed by atoms with E-state index in [0.717, 1.165) is 0 Å². The van der Waals surface area contributed by atoms with E-state index in [4.69, 9.17) is 16.0 Å². The van der Waals surface area contributed by atoms with Crippen LogP contribution in [0.5, 0.6) is 0 Å². The number of benzene rings is 2. The minimum atomic E-state index is -3.78. The second-order valence-electron chi connectivity index (χ2n) is 5.43. The van der Waals surface area contributed by atoms with Gasteiger partial charge in [-0.1, -0.05) is 29.8 Å². The van der Waals surface area contributed by atoms with Crippen molar-refractivity contribution in [3.8, 4) is 0 Å². The molecule has 0 fully saturated rings. The summed E-state index contributed by atoms with van der Waals surface area (Å²) >= 11 is 6.04. The van der Waals surface area contributed by atoms with E-state index >= 15 is 0 Å². The van der Waals surface area contributed by atoms with E-state index in [0.29, 0.717) is 21.7 Å². The lowest BCUT2D eigenvalue weighted by Crippen LogP contribution is -2.24. The SMILES string of the molecule is Cc1cc2c(cc1S(=O)(=O)NCc1ccccc1Cl)oc(=O)n2C. The number of rotatable bonds is 4. The van der Waals surface area contributed by atoms with Gasteiger partial charge in [0, 0.05) is 24.7 Å². The van der Waals surface area contributed by atoms with E-state index in [9.17, 15) is 13.2 Å². The molecule has 1 heterocycles. The summed E-state index contributed by atoms with van der Waals surface area (Å²) in [5.74, 6) is -0.539. The van der Waals surface area contributed by atoms with Crippen LogP contribution >= 0.6 is 11.6 Å². The van der Waals surface area contributed by atoms with Crippen molar-refractivity contribution in [1.82, 2.24) is 9.29 Å². The van der Waals surface area contributed by atoms with E-state index in [-0.39, 0.29) is 17.0 Å². The van der Waals surface area contributed by atoms with Crippen LogP contribution in [0.2, 0.25) is 5.02 Å². The number of fused-ring (bicyclic) bond motifs is 1. The minimum Gasteiger partial charge on any atom is -0.408 e. The summed E-state index contributed by atoms with van der Waals surface area (Å²) in [6.45, 7) is 1.74. The van der Waals surface area contributed by atoms with E-state index in [1.165, 1.54) is 10.6 Å². The first-order valence-corrected chi connectivity index (χ1v) is 8.99. The molecule has 0 aliphatic rings. The fourth-order valence-corrected chi connectivity index (χ4v) is 3.89. The first-order valence-electron chi connectivity index (χ1n) is 7.13. The molecule has 0 unspecified atom stereocenters. The van der Waals surface area contributed by atoms with Gasteiger partial charge in [-0.2, -0.15) is 0 Å². The van der Waals surface area contributed by atoms with Gasteiger partial charge < -0.3 is 4.42 Å². The zero-order valence-corrected chi connectivity index (χ0v) is 14.6. The molecule has 126 valence electrons. The molecule has 3 aromatic rings. The molecular weight excluding hydrogens is 352 g/mol. The maximum atomic E-state index is 12.6. The molecule has 2 aromatic carbocycles. The highest BCUT2D eigenvalue weighted by Gasteiger charge is 2.20. The van der Waals surface area contributed by atoms with E-state index < -0.39 is 15.8 Å². The summed E-state index contributed by atoms with van der Waals surface area (Å²) in [6.07, 6.45) is 0. The average Bonchev–Trinajstić information content (AvgIpc) is 2.80. The smallest absolute Gasteiger partial charge is 0.408 e. The topological polar surface area (TPSA) is 81.3 Å². The summed E-state index contributed by atoms with van der Waals surface area (Å²) < 4.78 is 34.1. The van der Waals surface area contributed by atoms with Crippen molar-refractivity contribution in [1.29, 1.82) is 0 Å². The zero-order valence-electron chi connectivity index (χ0n) is 13.0. The predicted molar refractivity (Wildman–Crippen MR) is 91.7 cm³/mol. The lowest BCUT2D eigenvalue weighted by Gasteiger charge is -2.10. The molecule has 3 rings (SSSR count). The highest BCUT2D eigenvalue weighted by Crippen LogP contribution is 2.23. The highest BCUT2D eigenvalue weighted by atomic mass is 35.5. The Bertz CT molecular complexity index is 1080. The molecule has 0 spiro atoms. The summed E-state index contributed by atoms with van der Waals surface area (Å²) in [7, 11) is -2.21. The number of nitrogens with one attached hydrogen (secondary N) is 1. The molecule has 1 N–H and O–H groups in total. The quantitative estimate of drug-likeness (QED) is 0.769. The maximum Gasteiger partial charge on any atom is 0.419 e. The number of halogens is 1. The molecule has 0 amide bonds. The summed E-state index contributed by atoms with van der Waals surface area (Å²) in [5, 5.41) is 0.487. The number of aromatic nitrogens is 1. The number of aryl methyl sites for hydroxylation is 2. The number of oxazole rings is 1. The molecule has 0 saturated heterocycles. The standard InChI is InChI=1S/C16H15ClN2O4S/c1-10-7-13-14(23-16(20)19(13)2)8-15(10)24(21,22)18-9-11-5-3-4-6-12(11)17/h3-8,18H,9H2,1-2H3. The van der Waals surface area contributed by atoms with E-state index in [2.05, 4.69) is 4.72 Å². The molecule has 24 heavy (non-hydrogen) atoms. The normalized spacial score (nSPS) is 12.0. The highest BCUT2D eigenvalue weighted by molar-refractivity contribution is 7.89. The monoisotopic (exact) mass is 366 g/mol. The second kappa shape index (κ2) is 6.08. The van der Waals surface area contributed by atoms with Crippen molar-refractivity contribution in [2.24, 2.45) is 7.05 Å². The van der Waals surface area contributed by atoms with Gasteiger partial charge >= 0.3 is 5.76 Å². The van der Waals surface area contributed by atoms with Crippen molar-refractivity contribution in [2.75, 3.05) is 0 Å². The third-order valence-corrected chi connectivity index (χ3v) is 5.70. The van der Waals surface area contributed by atoms with Gasteiger partial charge in [0.2, 0.25) is 10.0 Å². The van der Waals surface area contributed by atoms with Crippen LogP contribution in [0.25, 0.3) is 11.1 Å². The van der Waals surface area contributed by atoms with Crippen LogP contribution in [0, 0.1) is 6.92 Å². The van der Waals surface area contributed by atoms with Crippen molar-refractivity contribution in [2.45, 2.75) is 18.4 Å². The second-order valence-corrected chi connectivity index (χ2v) is 7.57. The van der Waals surface area contributed by atoms with Crippen LogP contribution in [-0.2, 0) is 23.6 Å². The third-order valence-electron chi connectivity index (χ3n) is 3.79. The van der Waals surface area contributed by atoms with Gasteiger partial charge in [-0.3, -0.25) is 4.57 Å². The van der Waals surface area contributed by atoms with Crippen molar-refractivity contribution >= 4 is 32.7 Å². The number of sulfonamides is 1. The Labute approximate surface area is 143 Å². The minimum absolute atomic E-state index is 0.0661. The van der Waals surface area contributed by atoms with Gasteiger partial charge in [0.25, 0.3) is 0 Å². The van der Waals surface area contributed by atoms with Crippen LogP contribution < -0.4 is 10.5 Å². The number of hydrogen-bond acceptors (Lipinski definition) is 4. The number of nitrogens with zero attached hydrogens (tertiary/aromatic N) is 1. The average molecular weight is 367 g/mol. The summed E-state index contributed by atoms with van der Waals surface area (Å²) in [4.78, 5) is 11.6. The first kappa shape index (κ1) is 16.8. The van der Waals surface area contributed by atoms with Gasteiger partial charge in [0.1, 0.15) is 0 Å². The molecule has 1 aromatic heterocycles. The van der Waals surface area contributed by atoms with Gasteiger partial charge in [-0.15, -0.1) is 0 Å². The Kier molecular flexibility index (Phi) is 4.25. The van der Waals surface area contributed by atoms with Crippen molar-refractivity contribution in [3.05, 3.63) is 63.1 Å². The Morgan fingerprint density at radius 1 is 1.25 bits per heavy atom. The molecule has 0 aliphatic carbocycles. The largest absolute Gasteiger partial charge is 0.419 e.